The number of nitrogens with one attached hydrogen (secondary N) is 2. The standard InChI is InChI=1S/C26H41N3O5/c1-17-12-13-20(16-18(17)2)22(23(31)28-21-10-8-7-9-11-21)29(14-15-30)24(32)19(3)27-25(33)34-26(4,5)6/h12-13,16,19,21-22,30H,7-11,14-15H2,1-6H3,(H,27,33)(H,28,31). The molecule has 8 heteroatoms. The van der Waals surface area contributed by atoms with Crippen molar-refractivity contribution in [3.05, 3.63) is 34.9 Å². The highest BCUT2D eigenvalue weighted by Gasteiger charge is 2.35. The van der Waals surface area contributed by atoms with Crippen LogP contribution >= 0.6 is 0 Å². The number of hydrogen-bond acceptors (Lipinski definition) is 5. The number of aryl methyl sites for hydroxylation is 2. The summed E-state index contributed by atoms with van der Waals surface area (Å²) in [6, 6.07) is 3.87. The van der Waals surface area contributed by atoms with Crippen LogP contribution in [-0.2, 0) is 14.3 Å². The first-order chi connectivity index (χ1) is 15.9. The number of rotatable bonds is 8. The number of amides is 3. The zero-order chi connectivity index (χ0) is 25.5. The van der Waals surface area contributed by atoms with Gasteiger partial charge >= 0.3 is 6.09 Å². The normalized spacial score (nSPS) is 16.3. The van der Waals surface area contributed by atoms with Gasteiger partial charge < -0.3 is 25.4 Å². The summed E-state index contributed by atoms with van der Waals surface area (Å²) in [7, 11) is 0. The molecule has 1 fully saturated rings. The second-order valence-electron chi connectivity index (χ2n) is 10.2. The molecule has 1 aromatic rings. The van der Waals surface area contributed by atoms with Crippen molar-refractivity contribution in [1.29, 1.82) is 0 Å². The summed E-state index contributed by atoms with van der Waals surface area (Å²) < 4.78 is 5.27. The molecule has 3 N–H and O–H groups in total. The van der Waals surface area contributed by atoms with E-state index in [2.05, 4.69) is 10.6 Å². The Bertz CT molecular complexity index is 858. The van der Waals surface area contributed by atoms with Gasteiger partial charge in [0.15, 0.2) is 0 Å². The fourth-order valence-electron chi connectivity index (χ4n) is 4.20. The number of carbonyl (C=O) groups is 3. The Morgan fingerprint density at radius 3 is 2.32 bits per heavy atom. The van der Waals surface area contributed by atoms with Gasteiger partial charge in [-0.05, 0) is 71.1 Å². The molecule has 1 aliphatic rings. The molecule has 0 bridgehead atoms. The van der Waals surface area contributed by atoms with Gasteiger partial charge in [0.1, 0.15) is 17.7 Å². The molecule has 0 saturated heterocycles. The highest BCUT2D eigenvalue weighted by molar-refractivity contribution is 5.92. The molecule has 2 atom stereocenters. The van der Waals surface area contributed by atoms with Crippen molar-refractivity contribution in [2.45, 2.75) is 97.4 Å². The summed E-state index contributed by atoms with van der Waals surface area (Å²) in [5.74, 6) is -0.747. The predicted octanol–water partition coefficient (Wildman–Crippen LogP) is 3.53. The van der Waals surface area contributed by atoms with Gasteiger partial charge in [-0.1, -0.05) is 37.5 Å². The summed E-state index contributed by atoms with van der Waals surface area (Å²) in [5, 5.41) is 15.4. The topological polar surface area (TPSA) is 108 Å². The molecule has 0 aliphatic heterocycles. The van der Waals surface area contributed by atoms with E-state index in [0.29, 0.717) is 5.56 Å². The molecule has 1 saturated carbocycles. The van der Waals surface area contributed by atoms with E-state index in [1.54, 1.807) is 27.7 Å². The van der Waals surface area contributed by atoms with E-state index in [0.717, 1.165) is 43.2 Å². The molecule has 1 aromatic carbocycles. The third-order valence-electron chi connectivity index (χ3n) is 6.09. The zero-order valence-electron chi connectivity index (χ0n) is 21.4. The number of aliphatic hydroxyl groups is 1. The molecule has 0 heterocycles. The van der Waals surface area contributed by atoms with Gasteiger partial charge in [0.05, 0.1) is 6.61 Å². The Hall–Kier alpha value is -2.61. The van der Waals surface area contributed by atoms with E-state index in [-0.39, 0.29) is 25.1 Å². The summed E-state index contributed by atoms with van der Waals surface area (Å²) in [5.41, 5.74) is 2.04. The Kier molecular flexibility index (Phi) is 9.91. The fraction of sp³-hybridized carbons (Fsp3) is 0.654. The van der Waals surface area contributed by atoms with Crippen LogP contribution in [0.1, 0.15) is 82.5 Å². The molecule has 3 amide bonds. The number of hydrogen-bond donors (Lipinski definition) is 3. The number of aliphatic hydroxyl groups excluding tert-OH is 1. The summed E-state index contributed by atoms with van der Waals surface area (Å²) in [6.45, 7) is 10.3. The summed E-state index contributed by atoms with van der Waals surface area (Å²) >= 11 is 0. The molecule has 0 radical (unpaired) electrons. The van der Waals surface area contributed by atoms with Gasteiger partial charge in [-0.2, -0.15) is 0 Å². The average Bonchev–Trinajstić information content (AvgIpc) is 2.74. The molecule has 0 spiro atoms. The number of ether oxygens (including phenoxy) is 1. The Balaban J connectivity index is 2.34. The fourth-order valence-corrected chi connectivity index (χ4v) is 4.20. The summed E-state index contributed by atoms with van der Waals surface area (Å²) in [6.07, 6.45) is 4.40. The number of alkyl carbamates (subject to hydrolysis) is 1. The smallest absolute Gasteiger partial charge is 0.408 e. The lowest BCUT2D eigenvalue weighted by molar-refractivity contribution is -0.143. The third kappa shape index (κ3) is 8.01. The van der Waals surface area contributed by atoms with Crippen molar-refractivity contribution in [3.8, 4) is 0 Å². The lowest BCUT2D eigenvalue weighted by Gasteiger charge is -2.35. The summed E-state index contributed by atoms with van der Waals surface area (Å²) in [4.78, 5) is 40.6. The molecular formula is C26H41N3O5. The maximum atomic E-state index is 13.6. The van der Waals surface area contributed by atoms with E-state index >= 15 is 0 Å². The number of nitrogens with zero attached hydrogens (tertiary/aromatic N) is 1. The second-order valence-corrected chi connectivity index (χ2v) is 10.2. The highest BCUT2D eigenvalue weighted by Crippen LogP contribution is 2.26. The van der Waals surface area contributed by atoms with Gasteiger partial charge in [0, 0.05) is 12.6 Å². The Morgan fingerprint density at radius 1 is 1.12 bits per heavy atom. The largest absolute Gasteiger partial charge is 0.444 e. The number of benzene rings is 1. The lowest BCUT2D eigenvalue weighted by atomic mass is 9.94. The van der Waals surface area contributed by atoms with Crippen LogP contribution in [0.5, 0.6) is 0 Å². The van der Waals surface area contributed by atoms with Crippen LogP contribution in [0.25, 0.3) is 0 Å². The van der Waals surface area contributed by atoms with Crippen molar-refractivity contribution >= 4 is 17.9 Å². The van der Waals surface area contributed by atoms with Crippen molar-refractivity contribution in [2.75, 3.05) is 13.2 Å². The van der Waals surface area contributed by atoms with Gasteiger partial charge in [-0.3, -0.25) is 9.59 Å². The average molecular weight is 476 g/mol. The maximum Gasteiger partial charge on any atom is 0.408 e. The van der Waals surface area contributed by atoms with E-state index < -0.39 is 29.7 Å². The van der Waals surface area contributed by atoms with Crippen LogP contribution in [0.15, 0.2) is 18.2 Å². The molecule has 0 aromatic heterocycles. The molecule has 2 unspecified atom stereocenters. The minimum Gasteiger partial charge on any atom is -0.444 e. The van der Waals surface area contributed by atoms with Gasteiger partial charge in [-0.25, -0.2) is 4.79 Å². The Labute approximate surface area is 203 Å². The molecule has 190 valence electrons. The molecule has 2 rings (SSSR count). The van der Waals surface area contributed by atoms with Crippen LogP contribution in [0, 0.1) is 13.8 Å². The van der Waals surface area contributed by atoms with Gasteiger partial charge in [-0.15, -0.1) is 0 Å². The van der Waals surface area contributed by atoms with Crippen LogP contribution in [-0.4, -0.2) is 58.8 Å². The molecular weight excluding hydrogens is 434 g/mol. The second kappa shape index (κ2) is 12.2. The van der Waals surface area contributed by atoms with Crippen LogP contribution < -0.4 is 10.6 Å². The van der Waals surface area contributed by atoms with Crippen molar-refractivity contribution in [2.24, 2.45) is 0 Å². The quantitative estimate of drug-likeness (QED) is 0.533. The maximum absolute atomic E-state index is 13.6. The van der Waals surface area contributed by atoms with E-state index in [1.807, 2.05) is 32.0 Å². The molecule has 8 nitrogen and oxygen atoms in total. The van der Waals surface area contributed by atoms with Crippen LogP contribution in [0.3, 0.4) is 0 Å². The van der Waals surface area contributed by atoms with Crippen LogP contribution in [0.2, 0.25) is 0 Å². The monoisotopic (exact) mass is 475 g/mol. The lowest BCUT2D eigenvalue weighted by Crippen LogP contribution is -2.53. The van der Waals surface area contributed by atoms with Gasteiger partial charge in [0.2, 0.25) is 11.8 Å². The van der Waals surface area contributed by atoms with E-state index in [9.17, 15) is 19.5 Å². The first kappa shape index (κ1) is 27.6. The SMILES string of the molecule is Cc1ccc(C(C(=O)NC2CCCCC2)N(CCO)C(=O)C(C)NC(=O)OC(C)(C)C)cc1C. The minimum atomic E-state index is -0.946. The van der Waals surface area contributed by atoms with Crippen molar-refractivity contribution in [1.82, 2.24) is 15.5 Å². The predicted molar refractivity (Wildman–Crippen MR) is 131 cm³/mol. The first-order valence-electron chi connectivity index (χ1n) is 12.2. The third-order valence-corrected chi connectivity index (χ3v) is 6.09. The number of carbonyl (C=O) groups excluding carboxylic acids is 3. The Morgan fingerprint density at radius 2 is 1.76 bits per heavy atom. The highest BCUT2D eigenvalue weighted by atomic mass is 16.6. The molecule has 1 aliphatic carbocycles. The minimum absolute atomic E-state index is 0.0468. The van der Waals surface area contributed by atoms with Crippen molar-refractivity contribution < 1.29 is 24.2 Å². The molecule has 34 heavy (non-hydrogen) atoms. The van der Waals surface area contributed by atoms with Crippen LogP contribution in [0.4, 0.5) is 4.79 Å². The van der Waals surface area contributed by atoms with E-state index in [1.165, 1.54) is 4.90 Å². The van der Waals surface area contributed by atoms with Crippen molar-refractivity contribution in [3.63, 3.8) is 0 Å². The first-order valence-corrected chi connectivity index (χ1v) is 12.2. The van der Waals surface area contributed by atoms with E-state index in [4.69, 9.17) is 4.74 Å². The van der Waals surface area contributed by atoms with Gasteiger partial charge in [0.25, 0.3) is 0 Å². The zero-order valence-corrected chi connectivity index (χ0v) is 21.4.